The summed E-state index contributed by atoms with van der Waals surface area (Å²) in [6.07, 6.45) is 1.55. The first-order valence-electron chi connectivity index (χ1n) is 6.56. The number of likely N-dealkylation sites (tertiary alicyclic amines) is 1. The summed E-state index contributed by atoms with van der Waals surface area (Å²) in [5.41, 5.74) is 0. The van der Waals surface area contributed by atoms with Crippen molar-refractivity contribution in [3.05, 3.63) is 0 Å². The van der Waals surface area contributed by atoms with E-state index in [0.29, 0.717) is 38.4 Å². The average Bonchev–Trinajstić information content (AvgIpc) is 2.36. The molecule has 0 aromatic rings. The lowest BCUT2D eigenvalue weighted by molar-refractivity contribution is -0.130. The van der Waals surface area contributed by atoms with Crippen LogP contribution in [0.2, 0.25) is 0 Å². The molecule has 1 amide bonds. The number of aliphatic hydroxyl groups is 1. The average molecular weight is 253 g/mol. The smallest absolute Gasteiger partial charge is 0.223 e. The molecule has 2 unspecified atom stereocenters. The highest BCUT2D eigenvalue weighted by Gasteiger charge is 2.24. The SMILES string of the molecule is CC1CCN(CCC(=O)N(C)CCC#N)CC1O. The topological polar surface area (TPSA) is 67.6 Å². The monoisotopic (exact) mass is 253 g/mol. The zero-order valence-electron chi connectivity index (χ0n) is 11.3. The molecule has 1 aliphatic heterocycles. The lowest BCUT2D eigenvalue weighted by Crippen LogP contribution is -2.44. The molecule has 5 nitrogen and oxygen atoms in total. The highest BCUT2D eigenvalue weighted by Crippen LogP contribution is 2.16. The summed E-state index contributed by atoms with van der Waals surface area (Å²) in [6.45, 7) is 4.86. The summed E-state index contributed by atoms with van der Waals surface area (Å²) in [4.78, 5) is 15.5. The summed E-state index contributed by atoms with van der Waals surface area (Å²) in [6, 6.07) is 2.03. The number of carbonyl (C=O) groups excluding carboxylic acids is 1. The van der Waals surface area contributed by atoms with Gasteiger partial charge in [-0.3, -0.25) is 4.79 Å². The Hall–Kier alpha value is -1.12. The first-order chi connectivity index (χ1) is 8.54. The van der Waals surface area contributed by atoms with E-state index in [0.717, 1.165) is 13.0 Å². The standard InChI is InChI=1S/C13H23N3O2/c1-11-4-8-16(10-12(11)17)9-5-13(18)15(2)7-3-6-14/h11-12,17H,3-5,7-10H2,1-2H3. The van der Waals surface area contributed by atoms with Gasteiger partial charge in [-0.25, -0.2) is 0 Å². The highest BCUT2D eigenvalue weighted by molar-refractivity contribution is 5.76. The van der Waals surface area contributed by atoms with Crippen LogP contribution in [-0.2, 0) is 4.79 Å². The minimum atomic E-state index is -0.273. The zero-order valence-corrected chi connectivity index (χ0v) is 11.3. The molecule has 18 heavy (non-hydrogen) atoms. The minimum Gasteiger partial charge on any atom is -0.392 e. The summed E-state index contributed by atoms with van der Waals surface area (Å²) < 4.78 is 0. The molecule has 1 saturated heterocycles. The van der Waals surface area contributed by atoms with Gasteiger partial charge in [-0.1, -0.05) is 6.92 Å². The van der Waals surface area contributed by atoms with Crippen molar-refractivity contribution >= 4 is 5.91 Å². The number of hydrogen-bond acceptors (Lipinski definition) is 4. The lowest BCUT2D eigenvalue weighted by atomic mass is 9.96. The van der Waals surface area contributed by atoms with Crippen molar-refractivity contribution in [2.24, 2.45) is 5.92 Å². The molecule has 1 rings (SSSR count). The van der Waals surface area contributed by atoms with Crippen LogP contribution in [-0.4, -0.2) is 60.1 Å². The van der Waals surface area contributed by atoms with Gasteiger partial charge in [0.2, 0.25) is 5.91 Å². The molecular weight excluding hydrogens is 230 g/mol. The highest BCUT2D eigenvalue weighted by atomic mass is 16.3. The van der Waals surface area contributed by atoms with Gasteiger partial charge >= 0.3 is 0 Å². The quantitative estimate of drug-likeness (QED) is 0.772. The number of nitriles is 1. The fourth-order valence-electron chi connectivity index (χ4n) is 2.10. The summed E-state index contributed by atoms with van der Waals surface area (Å²) in [5, 5.41) is 18.2. The molecule has 0 aliphatic carbocycles. The second kappa shape index (κ2) is 7.34. The molecule has 0 aromatic carbocycles. The molecule has 0 spiro atoms. The molecule has 0 saturated carbocycles. The van der Waals surface area contributed by atoms with Gasteiger partial charge in [0.25, 0.3) is 0 Å². The van der Waals surface area contributed by atoms with E-state index in [4.69, 9.17) is 5.26 Å². The number of aliphatic hydroxyl groups excluding tert-OH is 1. The third kappa shape index (κ3) is 4.63. The Labute approximate surface area is 109 Å². The predicted molar refractivity (Wildman–Crippen MR) is 68.7 cm³/mol. The Morgan fingerprint density at radius 1 is 1.61 bits per heavy atom. The molecule has 1 fully saturated rings. The van der Waals surface area contributed by atoms with Crippen LogP contribution in [0.15, 0.2) is 0 Å². The normalized spacial score (nSPS) is 24.6. The molecule has 0 radical (unpaired) electrons. The Bertz CT molecular complexity index is 314. The molecule has 0 bridgehead atoms. The van der Waals surface area contributed by atoms with Gasteiger partial charge < -0.3 is 14.9 Å². The Balaban J connectivity index is 2.24. The van der Waals surface area contributed by atoms with E-state index in [1.165, 1.54) is 0 Å². The first-order valence-corrected chi connectivity index (χ1v) is 6.56. The molecule has 2 atom stereocenters. The van der Waals surface area contributed by atoms with E-state index >= 15 is 0 Å². The summed E-state index contributed by atoms with van der Waals surface area (Å²) in [7, 11) is 1.73. The second-order valence-electron chi connectivity index (χ2n) is 5.11. The minimum absolute atomic E-state index is 0.0679. The number of carbonyl (C=O) groups is 1. The zero-order chi connectivity index (χ0) is 13.5. The van der Waals surface area contributed by atoms with E-state index in [1.807, 2.05) is 6.07 Å². The van der Waals surface area contributed by atoms with E-state index in [2.05, 4.69) is 11.8 Å². The Morgan fingerprint density at radius 2 is 2.33 bits per heavy atom. The van der Waals surface area contributed by atoms with Crippen molar-refractivity contribution < 1.29 is 9.90 Å². The van der Waals surface area contributed by atoms with Crippen LogP contribution < -0.4 is 0 Å². The Kier molecular flexibility index (Phi) is 6.10. The third-order valence-electron chi connectivity index (χ3n) is 3.63. The second-order valence-corrected chi connectivity index (χ2v) is 5.11. The maximum absolute atomic E-state index is 11.8. The number of hydrogen-bond donors (Lipinski definition) is 1. The van der Waals surface area contributed by atoms with Crippen LogP contribution in [0.4, 0.5) is 0 Å². The Morgan fingerprint density at radius 3 is 2.94 bits per heavy atom. The number of piperidine rings is 1. The van der Waals surface area contributed by atoms with Gasteiger partial charge in [0.05, 0.1) is 18.6 Å². The van der Waals surface area contributed by atoms with Crippen molar-refractivity contribution in [1.29, 1.82) is 5.26 Å². The fraction of sp³-hybridized carbons (Fsp3) is 0.846. The maximum Gasteiger partial charge on any atom is 0.223 e. The van der Waals surface area contributed by atoms with E-state index in [9.17, 15) is 9.90 Å². The van der Waals surface area contributed by atoms with Crippen molar-refractivity contribution in [1.82, 2.24) is 9.80 Å². The van der Waals surface area contributed by atoms with Crippen molar-refractivity contribution in [2.75, 3.05) is 33.2 Å². The molecule has 0 aromatic heterocycles. The lowest BCUT2D eigenvalue weighted by Gasteiger charge is -2.34. The third-order valence-corrected chi connectivity index (χ3v) is 3.63. The summed E-state index contributed by atoms with van der Waals surface area (Å²) in [5.74, 6) is 0.425. The summed E-state index contributed by atoms with van der Waals surface area (Å²) >= 11 is 0. The largest absolute Gasteiger partial charge is 0.392 e. The molecular formula is C13H23N3O2. The van der Waals surface area contributed by atoms with Crippen LogP contribution in [0.1, 0.15) is 26.2 Å². The van der Waals surface area contributed by atoms with Crippen molar-refractivity contribution in [2.45, 2.75) is 32.3 Å². The fourth-order valence-corrected chi connectivity index (χ4v) is 2.10. The first kappa shape index (κ1) is 14.9. The van der Waals surface area contributed by atoms with E-state index in [-0.39, 0.29) is 12.0 Å². The van der Waals surface area contributed by atoms with Crippen LogP contribution in [0.25, 0.3) is 0 Å². The molecule has 102 valence electrons. The van der Waals surface area contributed by atoms with Gasteiger partial charge in [0.15, 0.2) is 0 Å². The van der Waals surface area contributed by atoms with Gasteiger partial charge in [-0.05, 0) is 18.9 Å². The predicted octanol–water partition coefficient (Wildman–Crippen LogP) is 0.451. The van der Waals surface area contributed by atoms with Crippen LogP contribution in [0.3, 0.4) is 0 Å². The van der Waals surface area contributed by atoms with E-state index in [1.54, 1.807) is 11.9 Å². The van der Waals surface area contributed by atoms with E-state index < -0.39 is 0 Å². The molecule has 1 N–H and O–H groups in total. The molecule has 5 heteroatoms. The number of rotatable bonds is 5. The van der Waals surface area contributed by atoms with Gasteiger partial charge in [0, 0.05) is 33.1 Å². The van der Waals surface area contributed by atoms with Crippen LogP contribution >= 0.6 is 0 Å². The van der Waals surface area contributed by atoms with Crippen molar-refractivity contribution in [3.8, 4) is 6.07 Å². The number of β-amino-alcohol motifs (C(OH)–C–C–N with tert-alkyl or cyclic N) is 1. The van der Waals surface area contributed by atoms with Crippen LogP contribution in [0.5, 0.6) is 0 Å². The van der Waals surface area contributed by atoms with Gasteiger partial charge in [0.1, 0.15) is 0 Å². The molecule has 1 aliphatic rings. The van der Waals surface area contributed by atoms with Crippen LogP contribution in [0, 0.1) is 17.2 Å². The van der Waals surface area contributed by atoms with Gasteiger partial charge in [-0.2, -0.15) is 5.26 Å². The van der Waals surface area contributed by atoms with Crippen molar-refractivity contribution in [3.63, 3.8) is 0 Å². The molecule has 1 heterocycles. The number of nitrogens with zero attached hydrogens (tertiary/aromatic N) is 3. The van der Waals surface area contributed by atoms with Gasteiger partial charge in [-0.15, -0.1) is 0 Å². The maximum atomic E-state index is 11.8. The number of amides is 1.